The molecule has 0 amide bonds. The zero-order valence-corrected chi connectivity index (χ0v) is 23.9. The Bertz CT molecular complexity index is 850. The third-order valence-corrected chi connectivity index (χ3v) is 6.70. The highest BCUT2D eigenvalue weighted by Gasteiger charge is 2.25. The fourth-order valence-electron chi connectivity index (χ4n) is 4.26. The first kappa shape index (κ1) is 31.5. The lowest BCUT2D eigenvalue weighted by molar-refractivity contribution is 0.0865. The van der Waals surface area contributed by atoms with E-state index in [1.807, 2.05) is 62.4 Å². The summed E-state index contributed by atoms with van der Waals surface area (Å²) in [6.07, 6.45) is 5.46. The first-order valence-electron chi connectivity index (χ1n) is 14.5. The molecule has 6 nitrogen and oxygen atoms in total. The maximum Gasteiger partial charge on any atom is 0.167 e. The van der Waals surface area contributed by atoms with Crippen molar-refractivity contribution in [1.29, 1.82) is 0 Å². The molecule has 0 aromatic heterocycles. The predicted molar refractivity (Wildman–Crippen MR) is 156 cm³/mol. The van der Waals surface area contributed by atoms with Gasteiger partial charge in [0.15, 0.2) is 11.6 Å². The van der Waals surface area contributed by atoms with E-state index in [-0.39, 0.29) is 23.4 Å². The fourth-order valence-corrected chi connectivity index (χ4v) is 4.26. The lowest BCUT2D eigenvalue weighted by atomic mass is 9.86. The number of hydrogen-bond donors (Lipinski definition) is 2. The van der Waals surface area contributed by atoms with Gasteiger partial charge in [-0.25, -0.2) is 0 Å². The van der Waals surface area contributed by atoms with Crippen LogP contribution in [0.1, 0.15) is 86.9 Å². The first-order valence-corrected chi connectivity index (χ1v) is 14.5. The molecule has 0 bridgehead atoms. The van der Waals surface area contributed by atoms with Crippen LogP contribution in [0.2, 0.25) is 0 Å². The largest absolute Gasteiger partial charge is 0.494 e. The molecular weight excluding hydrogens is 476 g/mol. The van der Waals surface area contributed by atoms with Gasteiger partial charge >= 0.3 is 0 Å². The average Bonchev–Trinajstić information content (AvgIpc) is 2.95. The molecule has 2 rings (SSSR count). The third kappa shape index (κ3) is 11.0. The van der Waals surface area contributed by atoms with Gasteiger partial charge in [-0.05, 0) is 87.3 Å². The van der Waals surface area contributed by atoms with Gasteiger partial charge < -0.3 is 20.1 Å². The SMILES string of the molecule is CCCCOc1ccc(C(=O)[C@H](CC[C@@H](CNCC)C(=O)c2ccc(OCCCC)cc2)CNCC)cc1. The summed E-state index contributed by atoms with van der Waals surface area (Å²) in [5.41, 5.74) is 1.37. The monoisotopic (exact) mass is 524 g/mol. The summed E-state index contributed by atoms with van der Waals surface area (Å²) >= 11 is 0. The number of unbranched alkanes of at least 4 members (excludes halogenated alkanes) is 2. The lowest BCUT2D eigenvalue weighted by Crippen LogP contribution is -2.32. The van der Waals surface area contributed by atoms with E-state index in [0.29, 0.717) is 50.3 Å². The van der Waals surface area contributed by atoms with E-state index in [2.05, 4.69) is 24.5 Å². The maximum absolute atomic E-state index is 13.4. The van der Waals surface area contributed by atoms with Gasteiger partial charge in [-0.2, -0.15) is 0 Å². The molecule has 0 aliphatic carbocycles. The van der Waals surface area contributed by atoms with Gasteiger partial charge in [0, 0.05) is 36.1 Å². The topological polar surface area (TPSA) is 76.7 Å². The molecule has 2 atom stereocenters. The van der Waals surface area contributed by atoms with Gasteiger partial charge in [0.1, 0.15) is 11.5 Å². The van der Waals surface area contributed by atoms with Crippen molar-refractivity contribution in [1.82, 2.24) is 10.6 Å². The van der Waals surface area contributed by atoms with Gasteiger partial charge in [-0.15, -0.1) is 0 Å². The first-order chi connectivity index (χ1) is 18.5. The summed E-state index contributed by atoms with van der Waals surface area (Å²) in [5, 5.41) is 6.68. The Balaban J connectivity index is 2.07. The summed E-state index contributed by atoms with van der Waals surface area (Å²) in [4.78, 5) is 26.9. The van der Waals surface area contributed by atoms with Crippen LogP contribution in [0.25, 0.3) is 0 Å². The Morgan fingerprint density at radius 1 is 0.632 bits per heavy atom. The molecule has 2 aromatic carbocycles. The molecule has 0 saturated heterocycles. The molecule has 6 heteroatoms. The Hall–Kier alpha value is -2.70. The van der Waals surface area contributed by atoms with E-state index < -0.39 is 0 Å². The van der Waals surface area contributed by atoms with Crippen LogP contribution in [-0.2, 0) is 0 Å². The highest BCUT2D eigenvalue weighted by Crippen LogP contribution is 2.23. The van der Waals surface area contributed by atoms with E-state index >= 15 is 0 Å². The third-order valence-electron chi connectivity index (χ3n) is 6.70. The molecule has 210 valence electrons. The Labute approximate surface area is 229 Å². The van der Waals surface area contributed by atoms with Crippen LogP contribution >= 0.6 is 0 Å². The molecule has 0 saturated carbocycles. The van der Waals surface area contributed by atoms with Crippen LogP contribution in [-0.4, -0.2) is 51.0 Å². The maximum atomic E-state index is 13.4. The quantitative estimate of drug-likeness (QED) is 0.147. The highest BCUT2D eigenvalue weighted by atomic mass is 16.5. The second kappa shape index (κ2) is 18.5. The number of ketones is 2. The number of nitrogens with one attached hydrogen (secondary N) is 2. The molecule has 38 heavy (non-hydrogen) atoms. The van der Waals surface area contributed by atoms with Gasteiger partial charge in [0.05, 0.1) is 13.2 Å². The summed E-state index contributed by atoms with van der Waals surface area (Å²) in [5.74, 6) is 1.39. The summed E-state index contributed by atoms with van der Waals surface area (Å²) in [7, 11) is 0. The fraction of sp³-hybridized carbons (Fsp3) is 0.562. The summed E-state index contributed by atoms with van der Waals surface area (Å²) < 4.78 is 11.5. The van der Waals surface area contributed by atoms with Gasteiger partial charge in [-0.3, -0.25) is 9.59 Å². The number of Topliss-reactive ketones (excluding diaryl/α,β-unsaturated/α-hetero) is 2. The molecule has 0 radical (unpaired) electrons. The summed E-state index contributed by atoms with van der Waals surface area (Å²) in [6, 6.07) is 14.9. The highest BCUT2D eigenvalue weighted by molar-refractivity contribution is 5.99. The second-order valence-electron chi connectivity index (χ2n) is 9.77. The number of hydrogen-bond acceptors (Lipinski definition) is 6. The van der Waals surface area contributed by atoms with Crippen molar-refractivity contribution >= 4 is 11.6 Å². The molecular formula is C32H48N2O4. The van der Waals surface area contributed by atoms with Crippen LogP contribution in [0.4, 0.5) is 0 Å². The van der Waals surface area contributed by atoms with Crippen LogP contribution in [0.3, 0.4) is 0 Å². The Morgan fingerprint density at radius 2 is 1.00 bits per heavy atom. The van der Waals surface area contributed by atoms with Gasteiger partial charge in [0.25, 0.3) is 0 Å². The van der Waals surface area contributed by atoms with Crippen LogP contribution in [0.5, 0.6) is 11.5 Å². The van der Waals surface area contributed by atoms with Crippen molar-refractivity contribution in [2.75, 3.05) is 39.4 Å². The zero-order chi connectivity index (χ0) is 27.6. The second-order valence-corrected chi connectivity index (χ2v) is 9.77. The number of rotatable bonds is 21. The number of ether oxygens (including phenoxy) is 2. The van der Waals surface area contributed by atoms with Crippen LogP contribution in [0, 0.1) is 11.8 Å². The number of benzene rings is 2. The normalized spacial score (nSPS) is 12.6. The Morgan fingerprint density at radius 3 is 1.32 bits per heavy atom. The van der Waals surface area contributed by atoms with Crippen molar-refractivity contribution in [2.24, 2.45) is 11.8 Å². The van der Waals surface area contributed by atoms with E-state index in [4.69, 9.17) is 9.47 Å². The standard InChI is InChI=1S/C32H48N2O4/c1-5-9-21-37-29-17-13-25(14-18-29)31(35)27(23-33-7-3)11-12-28(24-34-8-4)32(36)26-15-19-30(20-16-26)38-22-10-6-2/h13-20,27-28,33-34H,5-12,21-24H2,1-4H3/t27-,28+. The van der Waals surface area contributed by atoms with Crippen LogP contribution < -0.4 is 20.1 Å². The van der Waals surface area contributed by atoms with Crippen molar-refractivity contribution in [3.63, 3.8) is 0 Å². The predicted octanol–water partition coefficient (Wildman–Crippen LogP) is 6.34. The molecule has 0 spiro atoms. The molecule has 2 aromatic rings. The van der Waals surface area contributed by atoms with Crippen molar-refractivity contribution < 1.29 is 19.1 Å². The van der Waals surface area contributed by atoms with E-state index in [1.165, 1.54) is 0 Å². The van der Waals surface area contributed by atoms with E-state index in [0.717, 1.165) is 50.3 Å². The molecule has 0 heterocycles. The minimum atomic E-state index is -0.201. The molecule has 0 aliphatic heterocycles. The molecule has 2 N–H and O–H groups in total. The molecule has 0 fully saturated rings. The zero-order valence-electron chi connectivity index (χ0n) is 23.9. The molecule has 0 unspecified atom stereocenters. The van der Waals surface area contributed by atoms with Gasteiger partial charge in [-0.1, -0.05) is 40.5 Å². The van der Waals surface area contributed by atoms with E-state index in [1.54, 1.807) is 0 Å². The van der Waals surface area contributed by atoms with Crippen LogP contribution in [0.15, 0.2) is 48.5 Å². The Kier molecular flexibility index (Phi) is 15.4. The van der Waals surface area contributed by atoms with Crippen molar-refractivity contribution in [3.8, 4) is 11.5 Å². The smallest absolute Gasteiger partial charge is 0.167 e. The molecule has 0 aliphatic rings. The number of carbonyl (C=O) groups is 2. The lowest BCUT2D eigenvalue weighted by Gasteiger charge is -2.21. The number of carbonyl (C=O) groups excluding carboxylic acids is 2. The summed E-state index contributed by atoms with van der Waals surface area (Å²) in [6.45, 7) is 12.5. The minimum absolute atomic E-state index is 0.106. The van der Waals surface area contributed by atoms with Crippen molar-refractivity contribution in [2.45, 2.75) is 66.2 Å². The van der Waals surface area contributed by atoms with Crippen molar-refractivity contribution in [3.05, 3.63) is 59.7 Å². The minimum Gasteiger partial charge on any atom is -0.494 e. The average molecular weight is 525 g/mol. The van der Waals surface area contributed by atoms with Gasteiger partial charge in [0.2, 0.25) is 0 Å². The van der Waals surface area contributed by atoms with E-state index in [9.17, 15) is 9.59 Å².